The van der Waals surface area contributed by atoms with Gasteiger partial charge in [0.05, 0.1) is 24.0 Å². The lowest BCUT2D eigenvalue weighted by molar-refractivity contribution is -0.127. The predicted octanol–water partition coefficient (Wildman–Crippen LogP) is 2.43. The highest BCUT2D eigenvalue weighted by molar-refractivity contribution is 6.08. The van der Waals surface area contributed by atoms with Crippen molar-refractivity contribution in [2.24, 2.45) is 0 Å². The number of fused-ring (bicyclic) bond motifs is 1. The molecule has 8 nitrogen and oxygen atoms in total. The highest BCUT2D eigenvalue weighted by Crippen LogP contribution is 2.35. The first-order chi connectivity index (χ1) is 13.8. The third-order valence-corrected chi connectivity index (χ3v) is 4.48. The molecule has 0 bridgehead atoms. The molecular weight excluding hydrogens is 376 g/mol. The van der Waals surface area contributed by atoms with E-state index in [1.165, 1.54) is 31.1 Å². The monoisotopic (exact) mass is 396 g/mol. The summed E-state index contributed by atoms with van der Waals surface area (Å²) in [6.07, 6.45) is -0.777. The maximum atomic E-state index is 12.7. The van der Waals surface area contributed by atoms with Crippen LogP contribution in [-0.4, -0.2) is 43.3 Å². The number of Topliss-reactive ketones (excluding diaryl/α,β-unsaturated/α-hetero) is 1. The van der Waals surface area contributed by atoms with Crippen molar-refractivity contribution < 1.29 is 28.7 Å². The molecule has 8 heteroatoms. The number of para-hydroxylation sites is 1. The van der Waals surface area contributed by atoms with Gasteiger partial charge in [0.1, 0.15) is 12.3 Å². The number of carbonyl (C=O) groups is 4. The number of hydrogen-bond donors (Lipinski definition) is 1. The summed E-state index contributed by atoms with van der Waals surface area (Å²) in [7, 11) is 1.25. The zero-order valence-corrected chi connectivity index (χ0v) is 16.2. The van der Waals surface area contributed by atoms with Crippen LogP contribution >= 0.6 is 0 Å². The summed E-state index contributed by atoms with van der Waals surface area (Å²) < 4.78 is 10.3. The lowest BCUT2D eigenvalue weighted by atomic mass is 10.1. The Labute approximate surface area is 167 Å². The fourth-order valence-electron chi connectivity index (χ4n) is 3.00. The molecule has 1 heterocycles. The highest BCUT2D eigenvalue weighted by Gasteiger charge is 2.33. The number of benzene rings is 2. The Kier molecular flexibility index (Phi) is 5.63. The number of anilines is 2. The number of amides is 2. The summed E-state index contributed by atoms with van der Waals surface area (Å²) in [5.41, 5.74) is 1.22. The van der Waals surface area contributed by atoms with Crippen molar-refractivity contribution in [3.63, 3.8) is 0 Å². The molecule has 1 unspecified atom stereocenters. The minimum Gasteiger partial charge on any atom is -0.479 e. The van der Waals surface area contributed by atoms with Crippen LogP contribution in [0.5, 0.6) is 5.75 Å². The van der Waals surface area contributed by atoms with Crippen LogP contribution in [0.3, 0.4) is 0 Å². The topological polar surface area (TPSA) is 102 Å². The van der Waals surface area contributed by atoms with E-state index in [0.717, 1.165) is 0 Å². The van der Waals surface area contributed by atoms with E-state index in [1.807, 2.05) is 0 Å². The zero-order chi connectivity index (χ0) is 21.1. The molecule has 29 heavy (non-hydrogen) atoms. The molecule has 1 aliphatic rings. The second-order valence-corrected chi connectivity index (χ2v) is 6.51. The van der Waals surface area contributed by atoms with Crippen molar-refractivity contribution in [2.75, 3.05) is 23.9 Å². The van der Waals surface area contributed by atoms with Gasteiger partial charge in [0.2, 0.25) is 5.91 Å². The molecule has 3 rings (SSSR count). The number of nitrogens with zero attached hydrogens (tertiary/aromatic N) is 1. The largest absolute Gasteiger partial charge is 0.479 e. The molecule has 1 atom stereocenters. The zero-order valence-electron chi connectivity index (χ0n) is 16.2. The van der Waals surface area contributed by atoms with Crippen molar-refractivity contribution in [1.29, 1.82) is 0 Å². The maximum absolute atomic E-state index is 12.7. The number of rotatable bonds is 5. The Hall–Kier alpha value is -3.68. The van der Waals surface area contributed by atoms with E-state index in [2.05, 4.69) is 5.32 Å². The number of ether oxygens (including phenoxy) is 2. The Morgan fingerprint density at radius 2 is 1.90 bits per heavy atom. The molecule has 0 saturated heterocycles. The molecule has 0 aromatic heterocycles. The van der Waals surface area contributed by atoms with Gasteiger partial charge < -0.3 is 14.8 Å². The number of esters is 1. The van der Waals surface area contributed by atoms with Gasteiger partial charge in [0.15, 0.2) is 11.9 Å². The summed E-state index contributed by atoms with van der Waals surface area (Å²) in [5.74, 6) is -1.27. The molecule has 0 saturated carbocycles. The molecule has 2 aromatic rings. The normalized spacial score (nSPS) is 15.2. The van der Waals surface area contributed by atoms with E-state index in [0.29, 0.717) is 17.0 Å². The molecule has 0 aliphatic carbocycles. The number of methoxy groups -OCH3 is 1. The van der Waals surface area contributed by atoms with Gasteiger partial charge in [-0.05, 0) is 44.2 Å². The molecule has 0 fully saturated rings. The molecule has 2 aromatic carbocycles. The molecule has 150 valence electrons. The van der Waals surface area contributed by atoms with Gasteiger partial charge in [-0.1, -0.05) is 12.1 Å². The van der Waals surface area contributed by atoms with E-state index >= 15 is 0 Å². The van der Waals surface area contributed by atoms with Crippen LogP contribution in [0.15, 0.2) is 42.5 Å². The number of hydrogen-bond acceptors (Lipinski definition) is 6. The third kappa shape index (κ3) is 4.11. The van der Waals surface area contributed by atoms with E-state index in [-0.39, 0.29) is 23.6 Å². The average Bonchev–Trinajstić information content (AvgIpc) is 2.70. The van der Waals surface area contributed by atoms with Crippen LogP contribution in [0.25, 0.3) is 0 Å². The van der Waals surface area contributed by atoms with Crippen LogP contribution in [0.1, 0.15) is 34.6 Å². The van der Waals surface area contributed by atoms with Crippen molar-refractivity contribution in [2.45, 2.75) is 20.0 Å². The van der Waals surface area contributed by atoms with Crippen LogP contribution in [-0.2, 0) is 14.3 Å². The first-order valence-electron chi connectivity index (χ1n) is 8.92. The van der Waals surface area contributed by atoms with Gasteiger partial charge in [-0.3, -0.25) is 19.3 Å². The van der Waals surface area contributed by atoms with E-state index in [9.17, 15) is 19.2 Å². The van der Waals surface area contributed by atoms with Gasteiger partial charge in [-0.15, -0.1) is 0 Å². The summed E-state index contributed by atoms with van der Waals surface area (Å²) in [5, 5.41) is 2.64. The van der Waals surface area contributed by atoms with Crippen molar-refractivity contribution >= 4 is 34.9 Å². The second-order valence-electron chi connectivity index (χ2n) is 6.51. The van der Waals surface area contributed by atoms with Gasteiger partial charge in [0.25, 0.3) is 5.91 Å². The predicted molar refractivity (Wildman–Crippen MR) is 105 cm³/mol. The summed E-state index contributed by atoms with van der Waals surface area (Å²) in [6, 6.07) is 11.1. The molecule has 1 aliphatic heterocycles. The SMILES string of the molecule is COC(=O)c1ccccc1NC(=O)CN1C(=O)C(C)Oc2ccc(C(C)=O)cc21. The van der Waals surface area contributed by atoms with Gasteiger partial charge >= 0.3 is 5.97 Å². The Morgan fingerprint density at radius 1 is 1.17 bits per heavy atom. The average molecular weight is 396 g/mol. The Morgan fingerprint density at radius 3 is 2.59 bits per heavy atom. The van der Waals surface area contributed by atoms with Crippen LogP contribution in [0, 0.1) is 0 Å². The number of ketones is 1. The lowest BCUT2D eigenvalue weighted by Gasteiger charge is -2.32. The van der Waals surface area contributed by atoms with E-state index in [4.69, 9.17) is 9.47 Å². The van der Waals surface area contributed by atoms with Crippen LogP contribution in [0.2, 0.25) is 0 Å². The number of carbonyl (C=O) groups excluding carboxylic acids is 4. The first kappa shape index (κ1) is 20.1. The second kappa shape index (κ2) is 8.14. The summed E-state index contributed by atoms with van der Waals surface area (Å²) >= 11 is 0. The Balaban J connectivity index is 1.87. The van der Waals surface area contributed by atoms with Gasteiger partial charge in [0, 0.05) is 5.56 Å². The van der Waals surface area contributed by atoms with E-state index in [1.54, 1.807) is 37.3 Å². The standard InChI is InChI=1S/C21H20N2O6/c1-12(24)14-8-9-18-17(10-14)23(20(26)13(2)29-18)11-19(25)22-16-7-5-4-6-15(16)21(27)28-3/h4-10,13H,11H2,1-3H3,(H,22,25). The van der Waals surface area contributed by atoms with Crippen LogP contribution in [0.4, 0.5) is 11.4 Å². The number of nitrogens with one attached hydrogen (secondary N) is 1. The van der Waals surface area contributed by atoms with Crippen LogP contribution < -0.4 is 15.0 Å². The smallest absolute Gasteiger partial charge is 0.339 e. The molecule has 1 N–H and O–H groups in total. The van der Waals surface area contributed by atoms with Gasteiger partial charge in [-0.25, -0.2) is 4.79 Å². The van der Waals surface area contributed by atoms with Crippen molar-refractivity contribution in [3.8, 4) is 5.75 Å². The molecule has 2 amide bonds. The third-order valence-electron chi connectivity index (χ3n) is 4.48. The lowest BCUT2D eigenvalue weighted by Crippen LogP contribution is -2.47. The summed E-state index contributed by atoms with van der Waals surface area (Å²) in [4.78, 5) is 50.2. The maximum Gasteiger partial charge on any atom is 0.339 e. The van der Waals surface area contributed by atoms with E-state index < -0.39 is 23.9 Å². The molecular formula is C21H20N2O6. The minimum absolute atomic E-state index is 0.171. The quantitative estimate of drug-likeness (QED) is 0.615. The molecule has 0 radical (unpaired) electrons. The fourth-order valence-corrected chi connectivity index (χ4v) is 3.00. The highest BCUT2D eigenvalue weighted by atomic mass is 16.5. The fraction of sp³-hybridized carbons (Fsp3) is 0.238. The Bertz CT molecular complexity index is 1000. The molecule has 0 spiro atoms. The first-order valence-corrected chi connectivity index (χ1v) is 8.92. The summed E-state index contributed by atoms with van der Waals surface area (Å²) in [6.45, 7) is 2.69. The van der Waals surface area contributed by atoms with Crippen molar-refractivity contribution in [3.05, 3.63) is 53.6 Å². The van der Waals surface area contributed by atoms with Crippen molar-refractivity contribution in [1.82, 2.24) is 0 Å². The minimum atomic E-state index is -0.777. The van der Waals surface area contributed by atoms with Gasteiger partial charge in [-0.2, -0.15) is 0 Å².